The van der Waals surface area contributed by atoms with Gasteiger partial charge in [0.15, 0.2) is 28.9 Å². The molecule has 0 fully saturated rings. The number of benzene rings is 4. The number of nitrogens with zero attached hydrogens (tertiary/aromatic N) is 8. The first kappa shape index (κ1) is 53.8. The van der Waals surface area contributed by atoms with E-state index in [1.807, 2.05) is 43.3 Å². The lowest BCUT2D eigenvalue weighted by molar-refractivity contribution is -0.362. The molecular weight excluding hydrogens is 983 g/mol. The van der Waals surface area contributed by atoms with Crippen LogP contribution in [-0.4, -0.2) is 100.0 Å². The predicted molar refractivity (Wildman–Crippen MR) is 281 cm³/mol. The molecular formula is C54H57BF4N12O5. The molecule has 394 valence electrons. The zero-order chi connectivity index (χ0) is 54.1. The van der Waals surface area contributed by atoms with Crippen LogP contribution in [0.1, 0.15) is 81.0 Å². The Kier molecular flexibility index (Phi) is 16.8. The number of allylic oxidation sites excluding steroid dienone is 2. The molecule has 0 bridgehead atoms. The Morgan fingerprint density at radius 1 is 0.855 bits per heavy atom. The number of nitrogens with two attached hydrogens (primary N) is 1. The highest BCUT2D eigenvalue weighted by Crippen LogP contribution is 2.35. The van der Waals surface area contributed by atoms with E-state index in [0.717, 1.165) is 32.3 Å². The molecule has 4 heterocycles. The van der Waals surface area contributed by atoms with Crippen molar-refractivity contribution < 1.29 is 45.8 Å². The number of halogens is 4. The normalized spacial score (nSPS) is 13.8. The second kappa shape index (κ2) is 23.8. The third-order valence-corrected chi connectivity index (χ3v) is 12.9. The number of unbranched alkanes of at least 4 members (excludes halogenated alkanes) is 1. The number of amides is 3. The Bertz CT molecular complexity index is 3250. The molecule has 2 aromatic heterocycles. The summed E-state index contributed by atoms with van der Waals surface area (Å²) >= 11 is 0. The first-order chi connectivity index (χ1) is 36.5. The smallest absolute Gasteiger partial charge is 0.480 e. The maximum Gasteiger partial charge on any atom is 0.737 e. The SMILES string of the molecule is Cc1cc(C)n2c1C=C1C=CC(CCC(=O)NCc3cn(-c4cccc(C(=O)NC(CCCCN)C(=O)COc5c(F)cc(CCNC(=O)c6ccc(N=Nc7ccc(N(C)C)cc7)cc6)cc5F)c4)nn3)=[N+]1[B-]2(F)F. The van der Waals surface area contributed by atoms with E-state index in [4.69, 9.17) is 10.5 Å². The van der Waals surface area contributed by atoms with Crippen molar-refractivity contribution in [1.82, 2.24) is 35.4 Å². The van der Waals surface area contributed by atoms with Crippen LogP contribution in [0.15, 0.2) is 125 Å². The van der Waals surface area contributed by atoms with E-state index in [9.17, 15) is 19.2 Å². The summed E-state index contributed by atoms with van der Waals surface area (Å²) in [6, 6.07) is 23.1. The lowest BCUT2D eigenvalue weighted by Gasteiger charge is -2.30. The molecule has 17 nitrogen and oxygen atoms in total. The van der Waals surface area contributed by atoms with Crippen molar-refractivity contribution in [3.63, 3.8) is 0 Å². The molecule has 1 unspecified atom stereocenters. The van der Waals surface area contributed by atoms with E-state index in [2.05, 4.69) is 36.5 Å². The van der Waals surface area contributed by atoms with Gasteiger partial charge in [0.05, 0.1) is 35.8 Å². The van der Waals surface area contributed by atoms with Crippen molar-refractivity contribution in [2.45, 2.75) is 65.0 Å². The van der Waals surface area contributed by atoms with Crippen molar-refractivity contribution in [3.8, 4) is 11.4 Å². The van der Waals surface area contributed by atoms with Gasteiger partial charge in [0.2, 0.25) is 5.91 Å². The van der Waals surface area contributed by atoms with Gasteiger partial charge < -0.3 is 48.9 Å². The topological polar surface area (TPSA) is 206 Å². The van der Waals surface area contributed by atoms with Crippen molar-refractivity contribution >= 4 is 59.3 Å². The molecule has 2 aliphatic rings. The van der Waals surface area contributed by atoms with Gasteiger partial charge >= 0.3 is 6.97 Å². The van der Waals surface area contributed by atoms with Crippen LogP contribution in [0, 0.1) is 25.5 Å². The molecule has 0 aliphatic carbocycles. The summed E-state index contributed by atoms with van der Waals surface area (Å²) in [4.78, 5) is 54.8. The number of ether oxygens (including phenoxy) is 1. The molecule has 3 amide bonds. The molecule has 0 saturated heterocycles. The number of Topliss-reactive ketones (excluding diaryl/α,β-unsaturated/α-hetero) is 1. The average molecular weight is 1040 g/mol. The average Bonchev–Trinajstić information content (AvgIpc) is 4.16. The number of rotatable bonds is 23. The molecule has 6 aromatic rings. The zero-order valence-corrected chi connectivity index (χ0v) is 42.4. The summed E-state index contributed by atoms with van der Waals surface area (Å²) in [5.74, 6) is -4.88. The molecule has 0 saturated carbocycles. The van der Waals surface area contributed by atoms with Gasteiger partial charge in [0, 0.05) is 74.2 Å². The summed E-state index contributed by atoms with van der Waals surface area (Å²) < 4.78 is 71.1. The van der Waals surface area contributed by atoms with Gasteiger partial charge in [-0.05, 0) is 148 Å². The molecule has 1 atom stereocenters. The van der Waals surface area contributed by atoms with Crippen LogP contribution in [0.3, 0.4) is 0 Å². The summed E-state index contributed by atoms with van der Waals surface area (Å²) in [5.41, 5.74) is 11.9. The van der Waals surface area contributed by atoms with Crippen molar-refractivity contribution in [1.29, 1.82) is 0 Å². The molecule has 22 heteroatoms. The number of anilines is 1. The lowest BCUT2D eigenvalue weighted by Crippen LogP contribution is -2.50. The van der Waals surface area contributed by atoms with E-state index >= 15 is 17.4 Å². The number of ketones is 1. The standard InChI is InChI=1S/C54H57BF4N12O5/c1-34-26-35(2)70-49(34)30-45-20-19-43(71(45)55(70,58)59)21-22-51(73)62-31-41-32-69(67-66-41)44-9-7-8-38(29-44)54(75)63-48(10-5-6-24-60)50(72)33-76-52-46(56)27-36(28-47(52)57)23-25-61-53(74)37-11-13-39(14-12-37)64-65-40-15-17-42(18-16-40)68(3)4/h7-9,11-20,26-30,32,48H,5-6,10,21-25,31,33,60H2,1-4H3,(H,61,74)(H,62,73)(H,63,75). The first-order valence-electron chi connectivity index (χ1n) is 24.7. The molecule has 8 rings (SSSR count). The number of carbonyl (C=O) groups excluding carboxylic acids is 4. The third kappa shape index (κ3) is 12.7. The van der Waals surface area contributed by atoms with E-state index in [1.54, 1.807) is 80.7 Å². The highest BCUT2D eigenvalue weighted by atomic mass is 19.2. The zero-order valence-electron chi connectivity index (χ0n) is 42.4. The van der Waals surface area contributed by atoms with Gasteiger partial charge in [-0.25, -0.2) is 13.5 Å². The molecule has 76 heavy (non-hydrogen) atoms. The summed E-state index contributed by atoms with van der Waals surface area (Å²) in [5, 5.41) is 24.9. The first-order valence-corrected chi connectivity index (χ1v) is 24.7. The number of nitrogens with one attached hydrogen (secondary N) is 3. The minimum absolute atomic E-state index is 0.00209. The van der Waals surface area contributed by atoms with Gasteiger partial charge in [-0.2, -0.15) is 10.2 Å². The number of azo groups is 1. The van der Waals surface area contributed by atoms with Gasteiger partial charge in [-0.15, -0.1) is 5.10 Å². The number of aryl methyl sites for hydroxylation is 2. The van der Waals surface area contributed by atoms with Crippen LogP contribution < -0.4 is 31.3 Å². The Morgan fingerprint density at radius 3 is 2.26 bits per heavy atom. The molecule has 0 radical (unpaired) electrons. The van der Waals surface area contributed by atoms with Crippen LogP contribution in [0.25, 0.3) is 11.8 Å². The van der Waals surface area contributed by atoms with Crippen LogP contribution in [0.5, 0.6) is 5.75 Å². The van der Waals surface area contributed by atoms with Gasteiger partial charge in [-0.3, -0.25) is 19.2 Å². The number of fused-ring (bicyclic) bond motifs is 2. The summed E-state index contributed by atoms with van der Waals surface area (Å²) in [7, 11) is 3.89. The minimum atomic E-state index is -4.15. The van der Waals surface area contributed by atoms with Crippen molar-refractivity contribution in [2.75, 3.05) is 38.7 Å². The van der Waals surface area contributed by atoms with E-state index in [1.165, 1.54) is 16.8 Å². The van der Waals surface area contributed by atoms with E-state index in [0.29, 0.717) is 70.5 Å². The maximum atomic E-state index is 15.8. The Balaban J connectivity index is 0.803. The fourth-order valence-corrected chi connectivity index (χ4v) is 8.93. The number of hydrogen-bond donors (Lipinski definition) is 4. The predicted octanol–water partition coefficient (Wildman–Crippen LogP) is 7.99. The third-order valence-electron chi connectivity index (χ3n) is 12.9. The van der Waals surface area contributed by atoms with E-state index in [-0.39, 0.29) is 55.8 Å². The second-order valence-electron chi connectivity index (χ2n) is 18.7. The number of carbonyl (C=O) groups is 4. The fourth-order valence-electron chi connectivity index (χ4n) is 8.93. The number of hydrogen-bond acceptors (Lipinski definition) is 11. The lowest BCUT2D eigenvalue weighted by atomic mass is 9.90. The Morgan fingerprint density at radius 2 is 1.57 bits per heavy atom. The van der Waals surface area contributed by atoms with Gasteiger partial charge in [0.1, 0.15) is 18.0 Å². The van der Waals surface area contributed by atoms with Gasteiger partial charge in [-0.1, -0.05) is 11.3 Å². The van der Waals surface area contributed by atoms with Gasteiger partial charge in [0.25, 0.3) is 11.8 Å². The molecule has 5 N–H and O–H groups in total. The molecule has 4 aromatic carbocycles. The largest absolute Gasteiger partial charge is 0.737 e. The Labute approximate surface area is 436 Å². The number of aromatic nitrogens is 4. The monoisotopic (exact) mass is 1040 g/mol. The minimum Gasteiger partial charge on any atom is -0.480 e. The van der Waals surface area contributed by atoms with E-state index < -0.39 is 54.6 Å². The van der Waals surface area contributed by atoms with Crippen LogP contribution >= 0.6 is 0 Å². The fraction of sp³-hybridized carbons (Fsp3) is 0.278. The summed E-state index contributed by atoms with van der Waals surface area (Å²) in [6.45, 7) is -1.05. The maximum absolute atomic E-state index is 15.8. The van der Waals surface area contributed by atoms with Crippen LogP contribution in [-0.2, 0) is 22.6 Å². The highest BCUT2D eigenvalue weighted by Gasteiger charge is 2.52. The highest BCUT2D eigenvalue weighted by molar-refractivity contribution is 6.58. The van der Waals surface area contributed by atoms with Crippen LogP contribution in [0.2, 0.25) is 0 Å². The quantitative estimate of drug-likeness (QED) is 0.0212. The second-order valence-corrected chi connectivity index (χ2v) is 18.7. The van der Waals surface area contributed by atoms with Crippen LogP contribution in [0.4, 0.5) is 34.5 Å². The summed E-state index contributed by atoms with van der Waals surface area (Å²) in [6.07, 6.45) is 7.84. The van der Waals surface area contributed by atoms with Crippen molar-refractivity contribution in [3.05, 3.63) is 166 Å². The molecule has 2 aliphatic heterocycles. The molecule has 0 spiro atoms. The van der Waals surface area contributed by atoms with Crippen molar-refractivity contribution in [2.24, 2.45) is 16.0 Å². The Hall–Kier alpha value is -8.53.